The van der Waals surface area contributed by atoms with E-state index in [1.165, 1.54) is 18.2 Å². The van der Waals surface area contributed by atoms with Crippen molar-refractivity contribution in [2.24, 2.45) is 0 Å². The minimum Gasteiger partial charge on any atom is -0.363 e. The van der Waals surface area contributed by atoms with E-state index in [-0.39, 0.29) is 16.4 Å². The molecule has 0 bridgehead atoms. The van der Waals surface area contributed by atoms with Crippen LogP contribution in [-0.4, -0.2) is 50.7 Å². The Hall–Kier alpha value is -2.52. The van der Waals surface area contributed by atoms with E-state index >= 15 is 0 Å². The molecule has 1 aliphatic heterocycles. The van der Waals surface area contributed by atoms with Gasteiger partial charge in [0.1, 0.15) is 11.5 Å². The van der Waals surface area contributed by atoms with Gasteiger partial charge in [-0.1, -0.05) is 18.2 Å². The van der Waals surface area contributed by atoms with Crippen molar-refractivity contribution in [2.75, 3.05) is 37.3 Å². The summed E-state index contributed by atoms with van der Waals surface area (Å²) in [6, 6.07) is 10.6. The summed E-state index contributed by atoms with van der Waals surface area (Å²) in [5.41, 5.74) is 0.799. The molecule has 1 fully saturated rings. The average molecular weight is 393 g/mol. The van der Waals surface area contributed by atoms with Crippen molar-refractivity contribution in [3.8, 4) is 0 Å². The lowest BCUT2D eigenvalue weighted by Gasteiger charge is -2.35. The molecule has 2 aromatic carbocycles. The van der Waals surface area contributed by atoms with E-state index in [0.717, 1.165) is 12.3 Å². The van der Waals surface area contributed by atoms with E-state index < -0.39 is 14.8 Å². The first-order chi connectivity index (χ1) is 12.8. The summed E-state index contributed by atoms with van der Waals surface area (Å²) in [7, 11) is -3.52. The zero-order chi connectivity index (χ0) is 19.6. The van der Waals surface area contributed by atoms with Gasteiger partial charge in [-0.05, 0) is 18.2 Å². The number of halogens is 1. The molecule has 0 spiro atoms. The van der Waals surface area contributed by atoms with Crippen LogP contribution >= 0.6 is 0 Å². The lowest BCUT2D eigenvalue weighted by atomic mass is 10.1. The molecule has 1 aliphatic rings. The van der Waals surface area contributed by atoms with Crippen LogP contribution in [0.1, 0.15) is 5.56 Å². The third kappa shape index (κ3) is 4.42. The molecule has 1 heterocycles. The fourth-order valence-electron chi connectivity index (χ4n) is 3.16. The van der Waals surface area contributed by atoms with Crippen molar-refractivity contribution in [1.82, 2.24) is 4.90 Å². The molecule has 0 aliphatic carbocycles. The van der Waals surface area contributed by atoms with Gasteiger partial charge < -0.3 is 4.90 Å². The van der Waals surface area contributed by atoms with Gasteiger partial charge in [-0.25, -0.2) is 12.8 Å². The molecule has 0 saturated carbocycles. The molecule has 27 heavy (non-hydrogen) atoms. The molecular weight excluding hydrogens is 373 g/mol. The van der Waals surface area contributed by atoms with Crippen LogP contribution in [0.25, 0.3) is 0 Å². The van der Waals surface area contributed by atoms with Crippen LogP contribution in [0.5, 0.6) is 0 Å². The first-order valence-corrected chi connectivity index (χ1v) is 10.3. The van der Waals surface area contributed by atoms with Crippen LogP contribution in [0.2, 0.25) is 0 Å². The normalized spacial score (nSPS) is 15.7. The Morgan fingerprint density at radius 3 is 2.37 bits per heavy atom. The molecule has 2 aromatic rings. The molecule has 144 valence electrons. The maximum Gasteiger partial charge on any atom is 0.293 e. The van der Waals surface area contributed by atoms with Gasteiger partial charge >= 0.3 is 0 Å². The Labute approximate surface area is 157 Å². The molecule has 9 heteroatoms. The third-order valence-corrected chi connectivity index (χ3v) is 5.75. The van der Waals surface area contributed by atoms with Gasteiger partial charge in [-0.2, -0.15) is 0 Å². The van der Waals surface area contributed by atoms with Crippen molar-refractivity contribution in [1.29, 1.82) is 0 Å². The SMILES string of the molecule is CS(=O)(=O)c1ccc(N2CCN(Cc3ccccc3F)CC2)c([N+](=O)[O-])c1. The number of rotatable bonds is 5. The van der Waals surface area contributed by atoms with Gasteiger partial charge in [0, 0.05) is 50.6 Å². The van der Waals surface area contributed by atoms with Gasteiger partial charge in [0.2, 0.25) is 0 Å². The van der Waals surface area contributed by atoms with Gasteiger partial charge in [-0.15, -0.1) is 0 Å². The summed E-state index contributed by atoms with van der Waals surface area (Å²) >= 11 is 0. The monoisotopic (exact) mass is 393 g/mol. The van der Waals surface area contributed by atoms with E-state index in [1.807, 2.05) is 4.90 Å². The van der Waals surface area contributed by atoms with E-state index in [2.05, 4.69) is 4.90 Å². The molecule has 7 nitrogen and oxygen atoms in total. The second-order valence-corrected chi connectivity index (χ2v) is 8.55. The average Bonchev–Trinajstić information content (AvgIpc) is 2.63. The number of hydrogen-bond acceptors (Lipinski definition) is 6. The summed E-state index contributed by atoms with van der Waals surface area (Å²) in [6.07, 6.45) is 1.02. The molecule has 3 rings (SSSR count). The number of sulfone groups is 1. The van der Waals surface area contributed by atoms with Crippen molar-refractivity contribution in [3.63, 3.8) is 0 Å². The summed E-state index contributed by atoms with van der Waals surface area (Å²) < 4.78 is 37.1. The summed E-state index contributed by atoms with van der Waals surface area (Å²) in [5, 5.41) is 11.4. The fourth-order valence-corrected chi connectivity index (χ4v) is 3.80. The maximum atomic E-state index is 13.8. The quantitative estimate of drug-likeness (QED) is 0.573. The number of hydrogen-bond donors (Lipinski definition) is 0. The van der Waals surface area contributed by atoms with Gasteiger partial charge in [-0.3, -0.25) is 15.0 Å². The summed E-state index contributed by atoms with van der Waals surface area (Å²) in [6.45, 7) is 2.80. The summed E-state index contributed by atoms with van der Waals surface area (Å²) in [5.74, 6) is -0.244. The zero-order valence-electron chi connectivity index (χ0n) is 14.8. The largest absolute Gasteiger partial charge is 0.363 e. The molecule has 0 aromatic heterocycles. The van der Waals surface area contributed by atoms with E-state index in [4.69, 9.17) is 0 Å². The number of nitrogens with zero attached hydrogens (tertiary/aromatic N) is 3. The zero-order valence-corrected chi connectivity index (χ0v) is 15.7. The minimum absolute atomic E-state index is 0.0730. The highest BCUT2D eigenvalue weighted by atomic mass is 32.2. The van der Waals surface area contributed by atoms with Crippen molar-refractivity contribution in [2.45, 2.75) is 11.4 Å². The minimum atomic E-state index is -3.52. The Balaban J connectivity index is 1.74. The van der Waals surface area contributed by atoms with E-state index in [9.17, 15) is 22.9 Å². The smallest absolute Gasteiger partial charge is 0.293 e. The number of anilines is 1. The van der Waals surface area contributed by atoms with Crippen molar-refractivity contribution >= 4 is 21.2 Å². The predicted octanol–water partition coefficient (Wildman–Crippen LogP) is 2.46. The molecule has 0 atom stereocenters. The van der Waals surface area contributed by atoms with Crippen LogP contribution < -0.4 is 4.90 Å². The highest BCUT2D eigenvalue weighted by Gasteiger charge is 2.25. The first-order valence-electron chi connectivity index (χ1n) is 8.45. The lowest BCUT2D eigenvalue weighted by molar-refractivity contribution is -0.384. The van der Waals surface area contributed by atoms with Crippen LogP contribution in [0.15, 0.2) is 47.4 Å². The Bertz CT molecular complexity index is 957. The number of piperazine rings is 1. The maximum absolute atomic E-state index is 13.8. The van der Waals surface area contributed by atoms with E-state index in [0.29, 0.717) is 44.0 Å². The molecule has 0 amide bonds. The lowest BCUT2D eigenvalue weighted by Crippen LogP contribution is -2.46. The molecular formula is C18H20FN3O4S. The Morgan fingerprint density at radius 2 is 1.78 bits per heavy atom. The summed E-state index contributed by atoms with van der Waals surface area (Å²) in [4.78, 5) is 14.7. The topological polar surface area (TPSA) is 83.8 Å². The highest BCUT2D eigenvalue weighted by molar-refractivity contribution is 7.90. The van der Waals surface area contributed by atoms with E-state index in [1.54, 1.807) is 18.2 Å². The van der Waals surface area contributed by atoms with Crippen molar-refractivity contribution in [3.05, 3.63) is 64.0 Å². The second-order valence-electron chi connectivity index (χ2n) is 6.53. The highest BCUT2D eigenvalue weighted by Crippen LogP contribution is 2.31. The third-order valence-electron chi connectivity index (χ3n) is 4.64. The number of benzene rings is 2. The van der Waals surface area contributed by atoms with Crippen molar-refractivity contribution < 1.29 is 17.7 Å². The van der Waals surface area contributed by atoms with Crippen LogP contribution in [0.3, 0.4) is 0 Å². The first kappa shape index (κ1) is 19.2. The standard InChI is InChI=1S/C18H20FN3O4S/c1-27(25,26)15-6-7-17(18(12-15)22(23)24)21-10-8-20(9-11-21)13-14-4-2-3-5-16(14)19/h2-7,12H,8-11,13H2,1H3. The fraction of sp³-hybridized carbons (Fsp3) is 0.333. The Kier molecular flexibility index (Phi) is 5.43. The predicted molar refractivity (Wildman–Crippen MR) is 100 cm³/mol. The number of nitro groups is 1. The van der Waals surface area contributed by atoms with Crippen LogP contribution in [0, 0.1) is 15.9 Å². The Morgan fingerprint density at radius 1 is 1.11 bits per heavy atom. The molecule has 1 saturated heterocycles. The molecule has 0 unspecified atom stereocenters. The van der Waals surface area contributed by atoms with Gasteiger partial charge in [0.25, 0.3) is 5.69 Å². The van der Waals surface area contributed by atoms with Gasteiger partial charge in [0.05, 0.1) is 9.82 Å². The molecule has 0 radical (unpaired) electrons. The van der Waals surface area contributed by atoms with Crippen LogP contribution in [-0.2, 0) is 16.4 Å². The number of nitro benzene ring substituents is 1. The van der Waals surface area contributed by atoms with Gasteiger partial charge in [0.15, 0.2) is 9.84 Å². The van der Waals surface area contributed by atoms with Crippen LogP contribution in [0.4, 0.5) is 15.8 Å². The molecule has 0 N–H and O–H groups in total. The second kappa shape index (κ2) is 7.61.